The van der Waals surface area contributed by atoms with Crippen molar-refractivity contribution in [3.8, 4) is 0 Å². The molecule has 24 heavy (non-hydrogen) atoms. The van der Waals surface area contributed by atoms with E-state index in [1.54, 1.807) is 0 Å². The molecule has 0 fully saturated rings. The maximum Gasteiger partial charge on any atom is 0 e. The lowest BCUT2D eigenvalue weighted by Gasteiger charge is -2.08. The monoisotopic (exact) mass is 544 g/mol. The van der Waals surface area contributed by atoms with E-state index in [1.807, 2.05) is 0 Å². The van der Waals surface area contributed by atoms with Crippen molar-refractivity contribution in [3.05, 3.63) is 74.8 Å². The SMILES string of the molecule is C/C=C/c1cc(C)c(/C=C/c2cc(C)c(C)cc2C)cc1C.II. The van der Waals surface area contributed by atoms with E-state index in [4.69, 9.17) is 0 Å². The van der Waals surface area contributed by atoms with Crippen LogP contribution in [0.15, 0.2) is 30.3 Å². The third-order valence-corrected chi connectivity index (χ3v) is 4.33. The number of hydrogen-bond acceptors (Lipinski definition) is 0. The fraction of sp³-hybridized carbons (Fsp3) is 0.273. The first-order chi connectivity index (χ1) is 11.4. The summed E-state index contributed by atoms with van der Waals surface area (Å²) in [6.45, 7) is 12.9. The van der Waals surface area contributed by atoms with Gasteiger partial charge >= 0.3 is 0 Å². The van der Waals surface area contributed by atoms with E-state index in [1.165, 1.54) is 44.5 Å². The minimum atomic E-state index is 1.29. The lowest BCUT2D eigenvalue weighted by Crippen LogP contribution is -1.89. The van der Waals surface area contributed by atoms with Crippen molar-refractivity contribution < 1.29 is 0 Å². The zero-order valence-electron chi connectivity index (χ0n) is 15.4. The average Bonchev–Trinajstić information content (AvgIpc) is 2.55. The summed E-state index contributed by atoms with van der Waals surface area (Å²) in [6.07, 6.45) is 8.73. The normalized spacial score (nSPS) is 11.0. The second kappa shape index (κ2) is 10.4. The van der Waals surface area contributed by atoms with Gasteiger partial charge in [0.05, 0.1) is 0 Å². The lowest BCUT2D eigenvalue weighted by atomic mass is 9.97. The van der Waals surface area contributed by atoms with Crippen LogP contribution in [0.1, 0.15) is 51.4 Å². The Labute approximate surface area is 170 Å². The molecule has 0 aliphatic heterocycles. The van der Waals surface area contributed by atoms with Crippen LogP contribution in [0.2, 0.25) is 0 Å². The first kappa shape index (κ1) is 21.4. The summed E-state index contributed by atoms with van der Waals surface area (Å²) in [5.74, 6) is 0. The molecular weight excluding hydrogens is 518 g/mol. The molecule has 2 rings (SSSR count). The highest BCUT2D eigenvalue weighted by Crippen LogP contribution is 2.22. The van der Waals surface area contributed by atoms with Crippen LogP contribution in [0.4, 0.5) is 0 Å². The third-order valence-electron chi connectivity index (χ3n) is 4.33. The van der Waals surface area contributed by atoms with Gasteiger partial charge in [-0.1, -0.05) is 48.6 Å². The molecule has 0 aromatic heterocycles. The predicted molar refractivity (Wildman–Crippen MR) is 128 cm³/mol. The molecule has 0 bridgehead atoms. The highest BCUT2D eigenvalue weighted by molar-refractivity contribution is 15.0. The van der Waals surface area contributed by atoms with Gasteiger partial charge in [0.25, 0.3) is 0 Å². The van der Waals surface area contributed by atoms with Gasteiger partial charge in [0, 0.05) is 37.2 Å². The van der Waals surface area contributed by atoms with Crippen LogP contribution in [-0.4, -0.2) is 0 Å². The van der Waals surface area contributed by atoms with Crippen LogP contribution < -0.4 is 0 Å². The molecule has 0 saturated carbocycles. The predicted octanol–water partition coefficient (Wildman–Crippen LogP) is 8.20. The van der Waals surface area contributed by atoms with E-state index in [2.05, 4.69) is 127 Å². The lowest BCUT2D eigenvalue weighted by molar-refractivity contribution is 1.29. The summed E-state index contributed by atoms with van der Waals surface area (Å²) in [5.41, 5.74) is 10.6. The Kier molecular flexibility index (Phi) is 9.27. The topological polar surface area (TPSA) is 0 Å². The number of allylic oxidation sites excluding steroid dienone is 1. The third kappa shape index (κ3) is 5.73. The molecule has 128 valence electrons. The van der Waals surface area contributed by atoms with Gasteiger partial charge in [0.15, 0.2) is 0 Å². The van der Waals surface area contributed by atoms with Crippen molar-refractivity contribution in [1.29, 1.82) is 0 Å². The average molecular weight is 544 g/mol. The minimum Gasteiger partial charge on any atom is -0.0871 e. The van der Waals surface area contributed by atoms with Crippen LogP contribution in [0.25, 0.3) is 18.2 Å². The molecule has 2 aromatic rings. The van der Waals surface area contributed by atoms with E-state index in [0.717, 1.165) is 0 Å². The van der Waals surface area contributed by atoms with Crippen LogP contribution in [0.5, 0.6) is 0 Å². The number of hydrogen-bond donors (Lipinski definition) is 0. The summed E-state index contributed by atoms with van der Waals surface area (Å²) in [4.78, 5) is 0. The summed E-state index contributed by atoms with van der Waals surface area (Å²) in [7, 11) is 0. The second-order valence-electron chi connectivity index (χ2n) is 6.19. The van der Waals surface area contributed by atoms with E-state index in [9.17, 15) is 0 Å². The zero-order valence-corrected chi connectivity index (χ0v) is 19.7. The van der Waals surface area contributed by atoms with E-state index >= 15 is 0 Å². The maximum atomic E-state index is 2.28. The first-order valence-corrected chi connectivity index (χ1v) is 14.3. The molecule has 0 aliphatic carbocycles. The highest BCUT2D eigenvalue weighted by atomic mass is 128. The van der Waals surface area contributed by atoms with Gasteiger partial charge in [-0.3, -0.25) is 0 Å². The molecule has 0 nitrogen and oxygen atoms in total. The maximum absolute atomic E-state index is 2.28. The zero-order chi connectivity index (χ0) is 18.3. The van der Waals surface area contributed by atoms with Crippen LogP contribution in [-0.2, 0) is 0 Å². The molecule has 0 amide bonds. The molecular formula is C22H26I2. The fourth-order valence-electron chi connectivity index (χ4n) is 2.74. The molecule has 0 aliphatic rings. The Morgan fingerprint density at radius 2 is 0.875 bits per heavy atom. The van der Waals surface area contributed by atoms with Crippen molar-refractivity contribution in [3.63, 3.8) is 0 Å². The Morgan fingerprint density at radius 1 is 0.542 bits per heavy atom. The number of rotatable bonds is 3. The van der Waals surface area contributed by atoms with Gasteiger partial charge in [0.2, 0.25) is 0 Å². The summed E-state index contributed by atoms with van der Waals surface area (Å²) in [6, 6.07) is 9.08. The minimum absolute atomic E-state index is 1.29. The molecule has 2 aromatic carbocycles. The van der Waals surface area contributed by atoms with E-state index in [0.29, 0.717) is 0 Å². The number of benzene rings is 2. The van der Waals surface area contributed by atoms with E-state index in [-0.39, 0.29) is 0 Å². The van der Waals surface area contributed by atoms with Gasteiger partial charge in [-0.15, -0.1) is 0 Å². The molecule has 0 radical (unpaired) electrons. The smallest absolute Gasteiger partial charge is 0 e. The summed E-state index contributed by atoms with van der Waals surface area (Å²) >= 11 is 4.24. The standard InChI is InChI=1S/C22H26.I2/c1-7-8-20-13-19(6)22(14-18(20)5)10-9-21-12-16(3)15(2)11-17(21)4;1-2/h7-14H,1-6H3;/b8-7+,10-9+;. The van der Waals surface area contributed by atoms with Crippen LogP contribution in [0.3, 0.4) is 0 Å². The molecule has 0 N–H and O–H groups in total. The van der Waals surface area contributed by atoms with Crippen molar-refractivity contribution in [2.75, 3.05) is 0 Å². The van der Waals surface area contributed by atoms with Gasteiger partial charge in [-0.05, 0) is 86.1 Å². The Bertz CT molecular complexity index is 753. The van der Waals surface area contributed by atoms with Gasteiger partial charge < -0.3 is 0 Å². The van der Waals surface area contributed by atoms with Crippen LogP contribution >= 0.6 is 37.2 Å². The Balaban J connectivity index is 0.00000139. The van der Waals surface area contributed by atoms with Crippen molar-refractivity contribution in [1.82, 2.24) is 0 Å². The van der Waals surface area contributed by atoms with Gasteiger partial charge in [-0.2, -0.15) is 0 Å². The summed E-state index contributed by atoms with van der Waals surface area (Å²) < 4.78 is 0. The number of halogens is 2. The first-order valence-electron chi connectivity index (χ1n) is 8.06. The molecule has 0 unspecified atom stereocenters. The van der Waals surface area contributed by atoms with Gasteiger partial charge in [-0.25, -0.2) is 0 Å². The molecule has 0 atom stereocenters. The fourth-order valence-corrected chi connectivity index (χ4v) is 2.74. The molecule has 0 heterocycles. The quantitative estimate of drug-likeness (QED) is 0.270. The molecule has 0 spiro atoms. The summed E-state index contributed by atoms with van der Waals surface area (Å²) in [5, 5.41) is 0. The highest BCUT2D eigenvalue weighted by Gasteiger charge is 2.02. The Morgan fingerprint density at radius 3 is 1.33 bits per heavy atom. The number of aryl methyl sites for hydroxylation is 5. The Hall–Kier alpha value is -0.620. The van der Waals surface area contributed by atoms with Crippen molar-refractivity contribution in [2.24, 2.45) is 0 Å². The van der Waals surface area contributed by atoms with Crippen LogP contribution in [0, 0.1) is 34.6 Å². The van der Waals surface area contributed by atoms with Crippen molar-refractivity contribution in [2.45, 2.75) is 41.5 Å². The van der Waals surface area contributed by atoms with Gasteiger partial charge in [0.1, 0.15) is 0 Å². The molecule has 0 saturated heterocycles. The second-order valence-corrected chi connectivity index (χ2v) is 6.19. The largest absolute Gasteiger partial charge is 0.0871 e. The molecule has 2 heteroatoms. The van der Waals surface area contributed by atoms with E-state index < -0.39 is 0 Å². The van der Waals surface area contributed by atoms with Crippen molar-refractivity contribution >= 4 is 55.5 Å².